The smallest absolute Gasteiger partial charge is 0.270 e. The number of rotatable bonds is 3. The number of imidazole rings is 1. The van der Waals surface area contributed by atoms with Crippen LogP contribution in [0, 0.1) is 12.8 Å². The summed E-state index contributed by atoms with van der Waals surface area (Å²) >= 11 is 0. The third-order valence-electron chi connectivity index (χ3n) is 3.61. The Morgan fingerprint density at radius 3 is 3.10 bits per heavy atom. The molecule has 2 aromatic rings. The molecule has 2 atom stereocenters. The largest absolute Gasteiger partial charge is 0.396 e. The predicted octanol–water partition coefficient (Wildman–Crippen LogP) is 1.31. The van der Waals surface area contributed by atoms with Crippen LogP contribution in [0.3, 0.4) is 0 Å². The topological polar surface area (TPSA) is 66.6 Å². The molecule has 0 spiro atoms. The fourth-order valence-electron chi connectivity index (χ4n) is 2.51. The molecule has 0 radical (unpaired) electrons. The number of pyridine rings is 1. The van der Waals surface area contributed by atoms with Gasteiger partial charge in [0, 0.05) is 24.8 Å². The highest BCUT2D eigenvalue weighted by atomic mass is 16.3. The van der Waals surface area contributed by atoms with Crippen molar-refractivity contribution in [1.82, 2.24) is 14.7 Å². The van der Waals surface area contributed by atoms with E-state index in [4.69, 9.17) is 5.11 Å². The minimum Gasteiger partial charge on any atom is -0.396 e. The van der Waals surface area contributed by atoms with Gasteiger partial charge in [0.1, 0.15) is 11.3 Å². The number of carbonyl (C=O) groups is 1. The average Bonchev–Trinajstić information content (AvgIpc) is 3.04. The van der Waals surface area contributed by atoms with Gasteiger partial charge in [-0.1, -0.05) is 18.2 Å². The number of hydrogen-bond acceptors (Lipinski definition) is 3. The van der Waals surface area contributed by atoms with Crippen LogP contribution in [0.2, 0.25) is 0 Å². The van der Waals surface area contributed by atoms with Crippen molar-refractivity contribution in [3.05, 3.63) is 47.9 Å². The van der Waals surface area contributed by atoms with Crippen LogP contribution in [-0.2, 0) is 0 Å². The lowest BCUT2D eigenvalue weighted by Crippen LogP contribution is -2.33. The highest BCUT2D eigenvalue weighted by Crippen LogP contribution is 2.17. The van der Waals surface area contributed by atoms with Crippen molar-refractivity contribution in [2.24, 2.45) is 5.92 Å². The fourth-order valence-corrected chi connectivity index (χ4v) is 2.51. The zero-order valence-electron chi connectivity index (χ0n) is 11.3. The number of fused-ring (bicyclic) bond motifs is 1. The molecule has 2 N–H and O–H groups in total. The van der Waals surface area contributed by atoms with Gasteiger partial charge in [0.05, 0.1) is 6.20 Å². The fraction of sp³-hybridized carbons (Fsp3) is 0.333. The Hall–Kier alpha value is -2.14. The zero-order valence-corrected chi connectivity index (χ0v) is 11.3. The summed E-state index contributed by atoms with van der Waals surface area (Å²) in [6.45, 7) is 2.10. The van der Waals surface area contributed by atoms with Crippen molar-refractivity contribution >= 4 is 11.6 Å². The van der Waals surface area contributed by atoms with E-state index < -0.39 is 0 Å². The molecule has 5 heteroatoms. The molecule has 0 fully saturated rings. The number of hydrogen-bond donors (Lipinski definition) is 2. The molecule has 104 valence electrons. The van der Waals surface area contributed by atoms with E-state index in [1.807, 2.05) is 37.4 Å². The van der Waals surface area contributed by atoms with Gasteiger partial charge in [-0.2, -0.15) is 0 Å². The van der Waals surface area contributed by atoms with Crippen molar-refractivity contribution in [1.29, 1.82) is 0 Å². The normalized spacial score (nSPS) is 21.5. The quantitative estimate of drug-likeness (QED) is 0.827. The average molecular weight is 271 g/mol. The van der Waals surface area contributed by atoms with Gasteiger partial charge in [0.15, 0.2) is 0 Å². The van der Waals surface area contributed by atoms with Crippen LogP contribution < -0.4 is 5.32 Å². The highest BCUT2D eigenvalue weighted by Gasteiger charge is 2.21. The SMILES string of the molecule is Cc1ccc2ncc(C(=O)N[C@@H]3C=C[C@H](CO)C3)n2c1. The molecule has 2 aromatic heterocycles. The van der Waals surface area contributed by atoms with Crippen LogP contribution in [0.1, 0.15) is 22.5 Å². The maximum Gasteiger partial charge on any atom is 0.270 e. The standard InChI is InChI=1S/C15H17N3O2/c1-10-2-5-14-16-7-13(18(14)8-10)15(20)17-12-4-3-11(6-12)9-19/h2-5,7-8,11-12,19H,6,9H2,1H3,(H,17,20)/t11-,12+/m0/s1. The van der Waals surface area contributed by atoms with Gasteiger partial charge in [-0.05, 0) is 25.0 Å². The van der Waals surface area contributed by atoms with Crippen LogP contribution >= 0.6 is 0 Å². The Bertz CT molecular complexity index is 675. The van der Waals surface area contributed by atoms with Crippen molar-refractivity contribution in [3.63, 3.8) is 0 Å². The first kappa shape index (κ1) is 12.9. The second-order valence-corrected chi connectivity index (χ2v) is 5.22. The molecule has 2 heterocycles. The number of aromatic nitrogens is 2. The van der Waals surface area contributed by atoms with Gasteiger partial charge in [0.25, 0.3) is 5.91 Å². The number of aliphatic hydroxyl groups excluding tert-OH is 1. The first-order chi connectivity index (χ1) is 9.67. The van der Waals surface area contributed by atoms with Gasteiger partial charge in [-0.3, -0.25) is 9.20 Å². The van der Waals surface area contributed by atoms with Crippen LogP contribution in [0.4, 0.5) is 0 Å². The van der Waals surface area contributed by atoms with Crippen LogP contribution in [0.25, 0.3) is 5.65 Å². The Balaban J connectivity index is 1.79. The van der Waals surface area contributed by atoms with Crippen LogP contribution in [0.5, 0.6) is 0 Å². The first-order valence-corrected chi connectivity index (χ1v) is 6.71. The lowest BCUT2D eigenvalue weighted by atomic mass is 10.1. The maximum atomic E-state index is 12.3. The summed E-state index contributed by atoms with van der Waals surface area (Å²) in [6.07, 6.45) is 8.12. The summed E-state index contributed by atoms with van der Waals surface area (Å²) in [5.41, 5.74) is 2.37. The number of aryl methyl sites for hydroxylation is 1. The van der Waals surface area contributed by atoms with Crippen molar-refractivity contribution < 1.29 is 9.90 Å². The molecule has 1 amide bonds. The molecule has 0 aliphatic heterocycles. The third kappa shape index (κ3) is 2.32. The summed E-state index contributed by atoms with van der Waals surface area (Å²) in [5.74, 6) is 0.000990. The monoisotopic (exact) mass is 271 g/mol. The zero-order chi connectivity index (χ0) is 14.1. The van der Waals surface area contributed by atoms with E-state index in [2.05, 4.69) is 10.3 Å². The van der Waals surface area contributed by atoms with Crippen molar-refractivity contribution in [3.8, 4) is 0 Å². The molecule has 0 aromatic carbocycles. The molecule has 5 nitrogen and oxygen atoms in total. The Morgan fingerprint density at radius 2 is 2.35 bits per heavy atom. The molecule has 1 aliphatic rings. The summed E-state index contributed by atoms with van der Waals surface area (Å²) in [5, 5.41) is 12.1. The first-order valence-electron chi connectivity index (χ1n) is 6.71. The number of carbonyl (C=O) groups excluding carboxylic acids is 1. The minimum absolute atomic E-state index is 0.0185. The lowest BCUT2D eigenvalue weighted by Gasteiger charge is -2.12. The number of nitrogens with zero attached hydrogens (tertiary/aromatic N) is 2. The Morgan fingerprint density at radius 1 is 1.50 bits per heavy atom. The molecular formula is C15H17N3O2. The Kier molecular flexibility index (Phi) is 3.28. The van der Waals surface area contributed by atoms with Crippen LogP contribution in [-0.4, -0.2) is 33.0 Å². The minimum atomic E-state index is -0.142. The summed E-state index contributed by atoms with van der Waals surface area (Å²) < 4.78 is 1.80. The number of nitrogens with one attached hydrogen (secondary N) is 1. The molecule has 0 bridgehead atoms. The molecular weight excluding hydrogens is 254 g/mol. The van der Waals surface area contributed by atoms with E-state index in [1.165, 1.54) is 0 Å². The molecule has 0 saturated heterocycles. The number of amides is 1. The van der Waals surface area contributed by atoms with Crippen molar-refractivity contribution in [2.75, 3.05) is 6.61 Å². The van der Waals surface area contributed by atoms with E-state index >= 15 is 0 Å². The van der Waals surface area contributed by atoms with Gasteiger partial charge >= 0.3 is 0 Å². The summed E-state index contributed by atoms with van der Waals surface area (Å²) in [7, 11) is 0. The molecule has 20 heavy (non-hydrogen) atoms. The Labute approximate surface area is 116 Å². The predicted molar refractivity (Wildman–Crippen MR) is 75.5 cm³/mol. The number of aliphatic hydroxyl groups is 1. The van der Waals surface area contributed by atoms with E-state index in [0.29, 0.717) is 5.69 Å². The highest BCUT2D eigenvalue weighted by molar-refractivity contribution is 5.93. The molecule has 3 rings (SSSR count). The maximum absolute atomic E-state index is 12.3. The molecule has 0 unspecified atom stereocenters. The van der Waals surface area contributed by atoms with Gasteiger partial charge in [-0.25, -0.2) is 4.98 Å². The third-order valence-corrected chi connectivity index (χ3v) is 3.61. The lowest BCUT2D eigenvalue weighted by molar-refractivity contribution is 0.0935. The van der Waals surface area contributed by atoms with Crippen molar-refractivity contribution in [2.45, 2.75) is 19.4 Å². The molecule has 0 saturated carbocycles. The van der Waals surface area contributed by atoms with Gasteiger partial charge in [0.2, 0.25) is 0 Å². The van der Waals surface area contributed by atoms with E-state index in [9.17, 15) is 4.79 Å². The van der Waals surface area contributed by atoms with E-state index in [0.717, 1.165) is 17.6 Å². The van der Waals surface area contributed by atoms with Crippen LogP contribution in [0.15, 0.2) is 36.7 Å². The summed E-state index contributed by atoms with van der Waals surface area (Å²) in [4.78, 5) is 16.5. The van der Waals surface area contributed by atoms with Gasteiger partial charge < -0.3 is 10.4 Å². The second kappa shape index (κ2) is 5.09. The van der Waals surface area contributed by atoms with E-state index in [1.54, 1.807) is 10.6 Å². The van der Waals surface area contributed by atoms with E-state index in [-0.39, 0.29) is 24.5 Å². The molecule has 1 aliphatic carbocycles. The second-order valence-electron chi connectivity index (χ2n) is 5.22. The van der Waals surface area contributed by atoms with Gasteiger partial charge in [-0.15, -0.1) is 0 Å². The summed E-state index contributed by atoms with van der Waals surface area (Å²) in [6, 6.07) is 3.84.